The maximum absolute atomic E-state index is 13.7. The molecule has 0 aromatic heterocycles. The van der Waals surface area contributed by atoms with Crippen molar-refractivity contribution in [3.05, 3.63) is 91.9 Å². The molecule has 7 nitrogen and oxygen atoms in total. The Balaban J connectivity index is 1.74. The Morgan fingerprint density at radius 2 is 1.77 bits per heavy atom. The first-order chi connectivity index (χ1) is 18.3. The van der Waals surface area contributed by atoms with Crippen LogP contribution in [0.15, 0.2) is 65.1 Å². The molecule has 10 heteroatoms. The Labute approximate surface area is 245 Å². The number of anilines is 2. The minimum Gasteiger partial charge on any atom is -0.458 e. The average molecular weight is 633 g/mol. The minimum atomic E-state index is -1.29. The summed E-state index contributed by atoms with van der Waals surface area (Å²) in [5, 5.41) is 10.0. The van der Waals surface area contributed by atoms with E-state index in [1.165, 1.54) is 0 Å². The Morgan fingerprint density at radius 3 is 2.46 bits per heavy atom. The molecule has 0 aliphatic carbocycles. The Morgan fingerprint density at radius 1 is 1.05 bits per heavy atom. The van der Waals surface area contributed by atoms with Crippen molar-refractivity contribution >= 4 is 68.3 Å². The number of benzene rings is 3. The topological polar surface area (TPSA) is 96.5 Å². The Bertz CT molecular complexity index is 1460. The monoisotopic (exact) mass is 631 g/mol. The normalized spacial score (nSPS) is 17.2. The van der Waals surface area contributed by atoms with Gasteiger partial charge in [0.1, 0.15) is 17.2 Å². The third-order valence-electron chi connectivity index (χ3n) is 6.12. The summed E-state index contributed by atoms with van der Waals surface area (Å²) in [6.45, 7) is 6.83. The second-order valence-corrected chi connectivity index (χ2v) is 12.2. The summed E-state index contributed by atoms with van der Waals surface area (Å²) in [4.78, 5) is 39.6. The van der Waals surface area contributed by atoms with E-state index in [9.17, 15) is 14.4 Å². The van der Waals surface area contributed by atoms with E-state index in [4.69, 9.17) is 27.9 Å². The van der Waals surface area contributed by atoms with Crippen LogP contribution >= 0.6 is 39.1 Å². The van der Waals surface area contributed by atoms with Crippen molar-refractivity contribution in [1.29, 1.82) is 0 Å². The minimum absolute atomic E-state index is 0.232. The number of ether oxygens (including phenoxy) is 1. The van der Waals surface area contributed by atoms with Crippen LogP contribution in [0.5, 0.6) is 0 Å². The van der Waals surface area contributed by atoms with Crippen LogP contribution < -0.4 is 16.0 Å². The van der Waals surface area contributed by atoms with Gasteiger partial charge in [0.15, 0.2) is 0 Å². The maximum Gasteiger partial charge on any atom is 0.328 e. The zero-order chi connectivity index (χ0) is 28.5. The summed E-state index contributed by atoms with van der Waals surface area (Å²) >= 11 is 16.0. The predicted molar refractivity (Wildman–Crippen MR) is 157 cm³/mol. The lowest BCUT2D eigenvalue weighted by Crippen LogP contribution is -2.45. The van der Waals surface area contributed by atoms with E-state index in [0.717, 1.165) is 5.56 Å². The van der Waals surface area contributed by atoms with Crippen LogP contribution in [0.1, 0.15) is 49.2 Å². The molecule has 2 atom stereocenters. The van der Waals surface area contributed by atoms with Crippen molar-refractivity contribution in [3.63, 3.8) is 0 Å². The van der Waals surface area contributed by atoms with Crippen LogP contribution in [0.3, 0.4) is 0 Å². The second kappa shape index (κ2) is 11.2. The number of halogens is 3. The summed E-state index contributed by atoms with van der Waals surface area (Å²) in [7, 11) is 0. The first kappa shape index (κ1) is 28.9. The number of hydrogen-bond acceptors (Lipinski definition) is 5. The molecule has 1 aliphatic rings. The molecule has 4 rings (SSSR count). The molecule has 39 heavy (non-hydrogen) atoms. The molecule has 204 valence electrons. The molecule has 0 saturated carbocycles. The predicted octanol–water partition coefficient (Wildman–Crippen LogP) is 6.72. The van der Waals surface area contributed by atoms with Crippen LogP contribution in [-0.4, -0.2) is 29.4 Å². The number of fused-ring (bicyclic) bond motifs is 1. The molecule has 0 radical (unpaired) electrons. The summed E-state index contributed by atoms with van der Waals surface area (Å²) in [5.41, 5.74) is 0.697. The molecular formula is C29H28BrCl2N3O4. The first-order valence-corrected chi connectivity index (χ1v) is 13.8. The number of nitrogens with one attached hydrogen (secondary N) is 3. The highest BCUT2D eigenvalue weighted by molar-refractivity contribution is 9.10. The van der Waals surface area contributed by atoms with Gasteiger partial charge >= 0.3 is 5.97 Å². The molecule has 0 fully saturated rings. The zero-order valence-corrected chi connectivity index (χ0v) is 24.9. The molecule has 1 heterocycles. The standard InChI is InChI=1S/C29H28BrCl2N3O4/c1-16(26(37)39-28(2,3)4)33-25(36)21-10-8-18(30)13-23(21)35-29(15-17-6-5-7-19(31)12-17)22-11-9-20(32)14-24(22)34-27(29)38/h5-14,16,35H,15H2,1-4H3,(H,33,36)(H,34,38). The van der Waals surface area contributed by atoms with Crippen LogP contribution in [0.4, 0.5) is 11.4 Å². The van der Waals surface area contributed by atoms with E-state index in [-0.39, 0.29) is 17.9 Å². The first-order valence-electron chi connectivity index (χ1n) is 12.2. The lowest BCUT2D eigenvalue weighted by atomic mass is 9.84. The smallest absolute Gasteiger partial charge is 0.328 e. The highest BCUT2D eigenvalue weighted by Gasteiger charge is 2.47. The largest absolute Gasteiger partial charge is 0.458 e. The molecule has 2 amide bonds. The fourth-order valence-corrected chi connectivity index (χ4v) is 5.16. The number of carbonyl (C=O) groups is 3. The number of rotatable bonds is 7. The molecular weight excluding hydrogens is 605 g/mol. The van der Waals surface area contributed by atoms with Gasteiger partial charge in [-0.2, -0.15) is 0 Å². The van der Waals surface area contributed by atoms with Crippen molar-refractivity contribution in [1.82, 2.24) is 5.32 Å². The molecule has 0 spiro atoms. The number of hydrogen-bond donors (Lipinski definition) is 3. The van der Waals surface area contributed by atoms with Gasteiger partial charge in [-0.15, -0.1) is 0 Å². The van der Waals surface area contributed by atoms with Crippen LogP contribution in [-0.2, 0) is 26.3 Å². The third kappa shape index (κ3) is 6.57. The Hall–Kier alpha value is -3.07. The van der Waals surface area contributed by atoms with E-state index >= 15 is 0 Å². The molecule has 2 unspecified atom stereocenters. The summed E-state index contributed by atoms with van der Waals surface area (Å²) in [6.07, 6.45) is 0.232. The van der Waals surface area contributed by atoms with E-state index in [2.05, 4.69) is 31.9 Å². The lowest BCUT2D eigenvalue weighted by molar-refractivity contribution is -0.156. The van der Waals surface area contributed by atoms with Crippen molar-refractivity contribution in [3.8, 4) is 0 Å². The van der Waals surface area contributed by atoms with Gasteiger partial charge in [-0.3, -0.25) is 9.59 Å². The summed E-state index contributed by atoms with van der Waals surface area (Å²) in [5.74, 6) is -1.37. The van der Waals surface area contributed by atoms with Crippen LogP contribution in [0.2, 0.25) is 10.0 Å². The molecule has 1 aliphatic heterocycles. The van der Waals surface area contributed by atoms with Gasteiger partial charge in [-0.05, 0) is 75.7 Å². The number of esters is 1. The lowest BCUT2D eigenvalue weighted by Gasteiger charge is -2.31. The van der Waals surface area contributed by atoms with Crippen molar-refractivity contribution < 1.29 is 19.1 Å². The summed E-state index contributed by atoms with van der Waals surface area (Å²) < 4.78 is 6.09. The van der Waals surface area contributed by atoms with Crippen molar-refractivity contribution in [2.24, 2.45) is 0 Å². The van der Waals surface area contributed by atoms with E-state index in [0.29, 0.717) is 31.5 Å². The third-order valence-corrected chi connectivity index (χ3v) is 7.08. The second-order valence-electron chi connectivity index (χ2n) is 10.4. The van der Waals surface area contributed by atoms with Crippen molar-refractivity contribution in [2.45, 2.75) is 51.3 Å². The van der Waals surface area contributed by atoms with Crippen LogP contribution in [0, 0.1) is 0 Å². The SMILES string of the molecule is CC(NC(=O)c1ccc(Br)cc1NC1(Cc2cccc(Cl)c2)C(=O)Nc2cc(Cl)ccc21)C(=O)OC(C)(C)C. The van der Waals surface area contributed by atoms with Gasteiger partial charge in [-0.25, -0.2) is 4.79 Å². The Kier molecular flexibility index (Phi) is 8.30. The van der Waals surface area contributed by atoms with Gasteiger partial charge in [-0.1, -0.05) is 57.3 Å². The molecule has 0 saturated heterocycles. The fraction of sp³-hybridized carbons (Fsp3) is 0.276. The van der Waals surface area contributed by atoms with Gasteiger partial charge in [0, 0.05) is 37.9 Å². The molecule has 3 aromatic carbocycles. The molecule has 3 aromatic rings. The molecule has 3 N–H and O–H groups in total. The highest BCUT2D eigenvalue weighted by Crippen LogP contribution is 2.43. The van der Waals surface area contributed by atoms with Gasteiger partial charge in [0.25, 0.3) is 11.8 Å². The van der Waals surface area contributed by atoms with E-state index < -0.39 is 29.1 Å². The van der Waals surface area contributed by atoms with Gasteiger partial charge in [0.05, 0.1) is 5.56 Å². The molecule has 0 bridgehead atoms. The average Bonchev–Trinajstić information content (AvgIpc) is 3.07. The maximum atomic E-state index is 13.7. The number of amides is 2. The number of carbonyl (C=O) groups excluding carboxylic acids is 3. The van der Waals surface area contributed by atoms with Gasteiger partial charge in [0.2, 0.25) is 0 Å². The zero-order valence-electron chi connectivity index (χ0n) is 21.8. The van der Waals surface area contributed by atoms with Crippen molar-refractivity contribution in [2.75, 3.05) is 10.6 Å². The fourth-order valence-electron chi connectivity index (χ4n) is 4.41. The quantitative estimate of drug-likeness (QED) is 0.251. The van der Waals surface area contributed by atoms with Crippen LogP contribution in [0.25, 0.3) is 0 Å². The highest BCUT2D eigenvalue weighted by atomic mass is 79.9. The van der Waals surface area contributed by atoms with E-state index in [1.807, 2.05) is 12.1 Å². The van der Waals surface area contributed by atoms with E-state index in [1.54, 1.807) is 76.2 Å². The summed E-state index contributed by atoms with van der Waals surface area (Å²) in [6, 6.07) is 16.6. The van der Waals surface area contributed by atoms with Gasteiger partial charge < -0.3 is 20.7 Å².